The smallest absolute Gasteiger partial charge is 0.153 e. The molecule has 0 atom stereocenters. The quantitative estimate of drug-likeness (QED) is 0.283. The van der Waals surface area contributed by atoms with E-state index in [1.807, 2.05) is 30.4 Å². The standard InChI is InChI=1S/C29H35N5O/c1-21(25-14-9-11-22(15-16-25)10-6-4-2-3-5-7-17-35)27-28(33-34-29(27)32)26(31)19-23-12-8-13-24(18-23)20-30/h2-5,7-8,11-18,33,35H,6,9-10,19-20,30-31H2,1H3,(H2,32,34)/b4-2-,5-3-,17-7+,27-21-,28-26+. The van der Waals surface area contributed by atoms with E-state index in [1.54, 1.807) is 12.2 Å². The third kappa shape index (κ3) is 7.22. The molecule has 0 saturated carbocycles. The number of hydrogen-bond donors (Lipinski definition) is 5. The van der Waals surface area contributed by atoms with E-state index < -0.39 is 0 Å². The van der Waals surface area contributed by atoms with Crippen LogP contribution < -0.4 is 27.8 Å². The lowest BCUT2D eigenvalue weighted by Gasteiger charge is -2.05. The maximum absolute atomic E-state index is 8.62. The van der Waals surface area contributed by atoms with E-state index >= 15 is 0 Å². The Bertz CT molecular complexity index is 1320. The van der Waals surface area contributed by atoms with Crippen LogP contribution in [0, 0.1) is 0 Å². The molecule has 1 heterocycles. The first-order valence-electron chi connectivity index (χ1n) is 11.8. The third-order valence-electron chi connectivity index (χ3n) is 5.90. The lowest BCUT2D eigenvalue weighted by molar-refractivity contribution is 0.474. The van der Waals surface area contributed by atoms with Gasteiger partial charge in [-0.1, -0.05) is 78.4 Å². The highest BCUT2D eigenvalue weighted by atomic mass is 16.2. The number of nitrogens with one attached hydrogen (secondary N) is 1. The molecule has 6 heteroatoms. The van der Waals surface area contributed by atoms with E-state index in [0.29, 0.717) is 24.5 Å². The predicted octanol–water partition coefficient (Wildman–Crippen LogP) is 3.71. The van der Waals surface area contributed by atoms with Gasteiger partial charge in [0.1, 0.15) is 0 Å². The number of hydrogen-bond acceptors (Lipinski definition) is 5. The maximum atomic E-state index is 8.62. The molecule has 1 aromatic carbocycles. The van der Waals surface area contributed by atoms with Crippen LogP contribution in [0.2, 0.25) is 0 Å². The zero-order chi connectivity index (χ0) is 25.0. The molecule has 1 aliphatic carbocycles. The number of aliphatic hydroxyl groups excluding tert-OH is 1. The summed E-state index contributed by atoms with van der Waals surface area (Å²) in [6, 6.07) is 8.12. The summed E-state index contributed by atoms with van der Waals surface area (Å²) in [5.74, 6) is 0.442. The molecule has 0 aliphatic heterocycles. The summed E-state index contributed by atoms with van der Waals surface area (Å²) in [4.78, 5) is 0. The minimum atomic E-state index is 0.442. The average molecular weight is 470 g/mol. The fraction of sp³-hybridized carbons (Fsp3) is 0.207. The summed E-state index contributed by atoms with van der Waals surface area (Å²) < 4.78 is 0. The Balaban J connectivity index is 1.81. The molecule has 8 N–H and O–H groups in total. The van der Waals surface area contributed by atoms with Crippen LogP contribution >= 0.6 is 0 Å². The zero-order valence-electron chi connectivity index (χ0n) is 20.2. The molecule has 0 bridgehead atoms. The molecule has 0 spiro atoms. The number of benzene rings is 1. The van der Waals surface area contributed by atoms with Crippen LogP contribution in [0.1, 0.15) is 37.3 Å². The number of aromatic amines is 1. The van der Waals surface area contributed by atoms with Crippen molar-refractivity contribution in [2.45, 2.75) is 39.2 Å². The van der Waals surface area contributed by atoms with E-state index in [-0.39, 0.29) is 0 Å². The van der Waals surface area contributed by atoms with Gasteiger partial charge in [-0.05, 0) is 54.5 Å². The first kappa shape index (κ1) is 25.6. The lowest BCUT2D eigenvalue weighted by atomic mass is 10.0. The van der Waals surface area contributed by atoms with Gasteiger partial charge in [-0.15, -0.1) is 0 Å². The van der Waals surface area contributed by atoms with E-state index in [9.17, 15) is 0 Å². The number of nitrogens with two attached hydrogens (primary N) is 3. The fourth-order valence-corrected chi connectivity index (χ4v) is 4.02. The Morgan fingerprint density at radius 1 is 1.11 bits per heavy atom. The molecular weight excluding hydrogens is 434 g/mol. The van der Waals surface area contributed by atoms with Gasteiger partial charge in [0.2, 0.25) is 0 Å². The molecule has 0 amide bonds. The highest BCUT2D eigenvalue weighted by Gasteiger charge is 2.09. The molecule has 0 saturated heterocycles. The van der Waals surface area contributed by atoms with Crippen LogP contribution in [0.5, 0.6) is 0 Å². The number of H-pyrrole nitrogens is 1. The van der Waals surface area contributed by atoms with Gasteiger partial charge in [0.25, 0.3) is 0 Å². The van der Waals surface area contributed by atoms with Gasteiger partial charge in [0, 0.05) is 23.9 Å². The molecule has 2 aromatic rings. The van der Waals surface area contributed by atoms with Crippen molar-refractivity contribution in [3.63, 3.8) is 0 Å². The Morgan fingerprint density at radius 3 is 2.71 bits per heavy atom. The zero-order valence-corrected chi connectivity index (χ0v) is 20.2. The number of rotatable bonds is 9. The Hall–Kier alpha value is -4.03. The normalized spacial score (nSPS) is 16.1. The van der Waals surface area contributed by atoms with E-state index in [1.165, 1.54) is 5.57 Å². The lowest BCUT2D eigenvalue weighted by Crippen LogP contribution is -2.32. The highest BCUT2D eigenvalue weighted by Crippen LogP contribution is 2.20. The Kier molecular flexibility index (Phi) is 9.51. The van der Waals surface area contributed by atoms with Gasteiger partial charge in [-0.3, -0.25) is 5.10 Å². The van der Waals surface area contributed by atoms with Gasteiger partial charge >= 0.3 is 0 Å². The van der Waals surface area contributed by atoms with E-state index in [4.69, 9.17) is 22.3 Å². The number of anilines is 1. The summed E-state index contributed by atoms with van der Waals surface area (Å²) in [6.45, 7) is 2.55. The molecule has 6 nitrogen and oxygen atoms in total. The SMILES string of the molecule is C/C(C1=CCC=C(CC\C=C/C=C\C=C\O)C=C1)=c1/c(N)n[nH]/c1=C(/N)Cc1cccc(CN)c1. The Labute approximate surface area is 206 Å². The topological polar surface area (TPSA) is 127 Å². The molecule has 1 aromatic heterocycles. The number of aliphatic hydroxyl groups is 1. The van der Waals surface area contributed by atoms with Crippen molar-refractivity contribution in [1.29, 1.82) is 0 Å². The summed E-state index contributed by atoms with van der Waals surface area (Å²) in [5.41, 5.74) is 24.9. The fourth-order valence-electron chi connectivity index (χ4n) is 4.02. The van der Waals surface area contributed by atoms with Crippen molar-refractivity contribution in [2.75, 3.05) is 5.73 Å². The number of nitrogens with zero attached hydrogens (tertiary/aromatic N) is 1. The maximum Gasteiger partial charge on any atom is 0.153 e. The molecular formula is C29H35N5O. The second-order valence-electron chi connectivity index (χ2n) is 8.41. The van der Waals surface area contributed by atoms with Crippen molar-refractivity contribution in [3.05, 3.63) is 118 Å². The van der Waals surface area contributed by atoms with Gasteiger partial charge in [-0.2, -0.15) is 5.10 Å². The molecule has 182 valence electrons. The highest BCUT2D eigenvalue weighted by molar-refractivity contribution is 5.70. The van der Waals surface area contributed by atoms with Gasteiger partial charge in [0.05, 0.1) is 11.6 Å². The number of aromatic nitrogens is 2. The largest absolute Gasteiger partial charge is 0.516 e. The van der Waals surface area contributed by atoms with Crippen molar-refractivity contribution >= 4 is 17.1 Å². The van der Waals surface area contributed by atoms with Crippen molar-refractivity contribution in [3.8, 4) is 0 Å². The monoisotopic (exact) mass is 469 g/mol. The van der Waals surface area contributed by atoms with Crippen LogP contribution in [0.4, 0.5) is 5.82 Å². The van der Waals surface area contributed by atoms with E-state index in [0.717, 1.165) is 58.4 Å². The van der Waals surface area contributed by atoms with Crippen molar-refractivity contribution in [2.24, 2.45) is 11.5 Å². The molecule has 35 heavy (non-hydrogen) atoms. The van der Waals surface area contributed by atoms with Gasteiger partial charge in [-0.25, -0.2) is 0 Å². The summed E-state index contributed by atoms with van der Waals surface area (Å²) in [7, 11) is 0. The second kappa shape index (κ2) is 13.0. The van der Waals surface area contributed by atoms with Crippen LogP contribution in [0.25, 0.3) is 11.3 Å². The summed E-state index contributed by atoms with van der Waals surface area (Å²) in [5, 5.41) is 17.5. The van der Waals surface area contributed by atoms with Crippen LogP contribution in [0.3, 0.4) is 0 Å². The van der Waals surface area contributed by atoms with Gasteiger partial charge < -0.3 is 22.3 Å². The number of nitrogen functional groups attached to an aromatic ring is 1. The minimum absolute atomic E-state index is 0.442. The predicted molar refractivity (Wildman–Crippen MR) is 146 cm³/mol. The molecule has 0 radical (unpaired) electrons. The molecule has 0 fully saturated rings. The Morgan fingerprint density at radius 2 is 1.91 bits per heavy atom. The summed E-state index contributed by atoms with van der Waals surface area (Å²) >= 11 is 0. The molecule has 3 rings (SSSR count). The minimum Gasteiger partial charge on any atom is -0.516 e. The second-order valence-corrected chi connectivity index (χ2v) is 8.41. The van der Waals surface area contributed by atoms with Gasteiger partial charge in [0.15, 0.2) is 5.82 Å². The van der Waals surface area contributed by atoms with Crippen LogP contribution in [0.15, 0.2) is 96.4 Å². The summed E-state index contributed by atoms with van der Waals surface area (Å²) in [6.07, 6.45) is 22.5. The first-order chi connectivity index (χ1) is 17.0. The van der Waals surface area contributed by atoms with Crippen molar-refractivity contribution in [1.82, 2.24) is 10.2 Å². The first-order valence-corrected chi connectivity index (χ1v) is 11.8. The molecule has 1 aliphatic rings. The van der Waals surface area contributed by atoms with Crippen LogP contribution in [-0.2, 0) is 13.0 Å². The van der Waals surface area contributed by atoms with E-state index in [2.05, 4.69) is 53.6 Å². The molecule has 0 unspecified atom stereocenters. The van der Waals surface area contributed by atoms with Crippen LogP contribution in [-0.4, -0.2) is 15.3 Å². The van der Waals surface area contributed by atoms with Crippen molar-refractivity contribution < 1.29 is 5.11 Å². The number of allylic oxidation sites excluding steroid dienone is 11. The average Bonchev–Trinajstić information content (AvgIpc) is 3.09. The third-order valence-corrected chi connectivity index (χ3v) is 5.90.